The van der Waals surface area contributed by atoms with Gasteiger partial charge in [0.1, 0.15) is 0 Å². The van der Waals surface area contributed by atoms with Gasteiger partial charge in [0.25, 0.3) is 0 Å². The van der Waals surface area contributed by atoms with Gasteiger partial charge in [0.2, 0.25) is 0 Å². The lowest BCUT2D eigenvalue weighted by molar-refractivity contribution is 0.382. The first-order chi connectivity index (χ1) is 11.4. The highest BCUT2D eigenvalue weighted by molar-refractivity contribution is 7.09. The summed E-state index contributed by atoms with van der Waals surface area (Å²) in [6.45, 7) is 4.61. The highest BCUT2D eigenvalue weighted by atomic mass is 32.1. The minimum absolute atomic E-state index is 0.977. The van der Waals surface area contributed by atoms with Gasteiger partial charge < -0.3 is 0 Å². The second-order valence-corrected chi connectivity index (χ2v) is 8.28. The Morgan fingerprint density at radius 3 is 1.83 bits per heavy atom. The third-order valence-corrected chi connectivity index (χ3v) is 6.00. The molecule has 1 heteroatoms. The second-order valence-electron chi connectivity index (χ2n) is 7.24. The van der Waals surface area contributed by atoms with Crippen molar-refractivity contribution in [3.05, 3.63) is 22.4 Å². The maximum atomic E-state index is 2.31. The molecule has 0 aliphatic carbocycles. The van der Waals surface area contributed by atoms with Crippen molar-refractivity contribution >= 4 is 11.3 Å². The summed E-state index contributed by atoms with van der Waals surface area (Å²) < 4.78 is 0. The molecule has 0 aliphatic rings. The van der Waals surface area contributed by atoms with Crippen LogP contribution in [0, 0.1) is 5.92 Å². The van der Waals surface area contributed by atoms with Gasteiger partial charge in [-0.1, -0.05) is 103 Å². The summed E-state index contributed by atoms with van der Waals surface area (Å²) in [5.41, 5.74) is 0. The van der Waals surface area contributed by atoms with Gasteiger partial charge in [0.05, 0.1) is 0 Å². The lowest BCUT2D eigenvalue weighted by Gasteiger charge is -2.16. The molecule has 0 bridgehead atoms. The van der Waals surface area contributed by atoms with Crippen LogP contribution in [0.5, 0.6) is 0 Å². The van der Waals surface area contributed by atoms with E-state index in [-0.39, 0.29) is 0 Å². The van der Waals surface area contributed by atoms with E-state index >= 15 is 0 Å². The zero-order valence-corrected chi connectivity index (χ0v) is 16.6. The first-order valence-corrected chi connectivity index (χ1v) is 11.3. The third kappa shape index (κ3) is 11.8. The minimum atomic E-state index is 0.977. The lowest BCUT2D eigenvalue weighted by atomic mass is 9.90. The molecule has 1 atom stereocenters. The summed E-state index contributed by atoms with van der Waals surface area (Å²) in [7, 11) is 0. The summed E-state index contributed by atoms with van der Waals surface area (Å²) in [6, 6.07) is 4.52. The Hall–Kier alpha value is -0.300. The molecule has 0 aliphatic heterocycles. The van der Waals surface area contributed by atoms with Crippen LogP contribution in [-0.2, 0) is 6.42 Å². The number of hydrogen-bond acceptors (Lipinski definition) is 1. The molecule has 0 radical (unpaired) electrons. The molecular formula is C22H40S. The van der Waals surface area contributed by atoms with E-state index in [1.54, 1.807) is 4.88 Å². The van der Waals surface area contributed by atoms with Crippen molar-refractivity contribution in [2.75, 3.05) is 0 Å². The zero-order chi connectivity index (χ0) is 16.6. The summed E-state index contributed by atoms with van der Waals surface area (Å²) in [4.78, 5) is 1.59. The van der Waals surface area contributed by atoms with E-state index in [2.05, 4.69) is 31.4 Å². The van der Waals surface area contributed by atoms with E-state index in [0.717, 1.165) is 5.92 Å². The number of aryl methyl sites for hydroxylation is 1. The number of rotatable bonds is 16. The summed E-state index contributed by atoms with van der Waals surface area (Å²) in [6.07, 6.45) is 21.5. The van der Waals surface area contributed by atoms with E-state index in [0.29, 0.717) is 0 Å². The second kappa shape index (κ2) is 15.2. The SMILES string of the molecule is CCCCCCCCC(CCCCCCC)CCc1cccs1. The number of unbranched alkanes of at least 4 members (excludes halogenated alkanes) is 9. The van der Waals surface area contributed by atoms with Gasteiger partial charge >= 0.3 is 0 Å². The molecule has 1 aromatic heterocycles. The van der Waals surface area contributed by atoms with Gasteiger partial charge in [-0.15, -0.1) is 11.3 Å². The molecule has 1 rings (SSSR count). The predicted molar refractivity (Wildman–Crippen MR) is 107 cm³/mol. The molecule has 0 aromatic carbocycles. The van der Waals surface area contributed by atoms with Crippen molar-refractivity contribution in [1.29, 1.82) is 0 Å². The van der Waals surface area contributed by atoms with Gasteiger partial charge in [0.15, 0.2) is 0 Å². The molecule has 134 valence electrons. The summed E-state index contributed by atoms with van der Waals surface area (Å²) >= 11 is 1.94. The van der Waals surface area contributed by atoms with Gasteiger partial charge in [-0.3, -0.25) is 0 Å². The molecule has 23 heavy (non-hydrogen) atoms. The first kappa shape index (κ1) is 20.7. The molecule has 0 saturated heterocycles. The van der Waals surface area contributed by atoms with Gasteiger partial charge in [0, 0.05) is 4.88 Å². The van der Waals surface area contributed by atoms with E-state index in [9.17, 15) is 0 Å². The van der Waals surface area contributed by atoms with Crippen molar-refractivity contribution in [3.63, 3.8) is 0 Å². The first-order valence-electron chi connectivity index (χ1n) is 10.4. The molecule has 1 heterocycles. The van der Waals surface area contributed by atoms with Crippen LogP contribution >= 0.6 is 11.3 Å². The normalized spacial score (nSPS) is 12.6. The van der Waals surface area contributed by atoms with Crippen LogP contribution in [0.3, 0.4) is 0 Å². The van der Waals surface area contributed by atoms with Crippen LogP contribution in [-0.4, -0.2) is 0 Å². The van der Waals surface area contributed by atoms with Crippen LogP contribution < -0.4 is 0 Å². The molecule has 1 unspecified atom stereocenters. The fourth-order valence-corrected chi connectivity index (χ4v) is 4.21. The van der Waals surface area contributed by atoms with E-state index in [1.807, 2.05) is 11.3 Å². The van der Waals surface area contributed by atoms with Crippen molar-refractivity contribution in [1.82, 2.24) is 0 Å². The Balaban J connectivity index is 2.17. The van der Waals surface area contributed by atoms with Crippen molar-refractivity contribution in [2.45, 2.75) is 110 Å². The largest absolute Gasteiger partial charge is 0.149 e. The monoisotopic (exact) mass is 336 g/mol. The fraction of sp³-hybridized carbons (Fsp3) is 0.818. The quantitative estimate of drug-likeness (QED) is 0.266. The zero-order valence-electron chi connectivity index (χ0n) is 15.8. The summed E-state index contributed by atoms with van der Waals surface area (Å²) in [5, 5.41) is 2.23. The van der Waals surface area contributed by atoms with E-state index in [4.69, 9.17) is 0 Å². The number of thiophene rings is 1. The molecule has 0 amide bonds. The highest BCUT2D eigenvalue weighted by Crippen LogP contribution is 2.24. The van der Waals surface area contributed by atoms with Gasteiger partial charge in [-0.2, -0.15) is 0 Å². The molecule has 0 N–H and O–H groups in total. The average molecular weight is 337 g/mol. The van der Waals surface area contributed by atoms with Crippen LogP contribution in [0.15, 0.2) is 17.5 Å². The van der Waals surface area contributed by atoms with Crippen molar-refractivity contribution < 1.29 is 0 Å². The Bertz CT molecular complexity index is 328. The fourth-order valence-electron chi connectivity index (χ4n) is 3.48. The predicted octanol–water partition coefficient (Wildman–Crippen LogP) is 8.41. The van der Waals surface area contributed by atoms with E-state index < -0.39 is 0 Å². The highest BCUT2D eigenvalue weighted by Gasteiger charge is 2.09. The smallest absolute Gasteiger partial charge is 0.00453 e. The average Bonchev–Trinajstić information content (AvgIpc) is 3.08. The Kier molecular flexibility index (Phi) is 13.7. The Morgan fingerprint density at radius 2 is 1.30 bits per heavy atom. The maximum Gasteiger partial charge on any atom is 0.00453 e. The maximum absolute atomic E-state index is 2.31. The standard InChI is InChI=1S/C22H40S/c1-3-5-7-9-11-13-16-21(15-12-10-8-6-4-2)18-19-22-17-14-20-23-22/h14,17,20-21H,3-13,15-16,18-19H2,1-2H3. The molecule has 0 fully saturated rings. The molecule has 0 nitrogen and oxygen atoms in total. The topological polar surface area (TPSA) is 0 Å². The van der Waals surface area contributed by atoms with Crippen molar-refractivity contribution in [2.24, 2.45) is 5.92 Å². The van der Waals surface area contributed by atoms with Crippen LogP contribution in [0.4, 0.5) is 0 Å². The van der Waals surface area contributed by atoms with E-state index in [1.165, 1.54) is 96.3 Å². The van der Waals surface area contributed by atoms with Gasteiger partial charge in [-0.05, 0) is 30.2 Å². The molecule has 0 spiro atoms. The molecule has 1 aromatic rings. The Labute approximate surface area is 150 Å². The van der Waals surface area contributed by atoms with Crippen molar-refractivity contribution in [3.8, 4) is 0 Å². The van der Waals surface area contributed by atoms with Crippen LogP contribution in [0.1, 0.15) is 109 Å². The van der Waals surface area contributed by atoms with Gasteiger partial charge in [-0.25, -0.2) is 0 Å². The molecule has 0 saturated carbocycles. The minimum Gasteiger partial charge on any atom is -0.149 e. The summed E-state index contributed by atoms with van der Waals surface area (Å²) in [5.74, 6) is 0.977. The molecular weight excluding hydrogens is 296 g/mol. The van der Waals surface area contributed by atoms with Crippen LogP contribution in [0.25, 0.3) is 0 Å². The van der Waals surface area contributed by atoms with Crippen LogP contribution in [0.2, 0.25) is 0 Å². The Morgan fingerprint density at radius 1 is 0.739 bits per heavy atom. The lowest BCUT2D eigenvalue weighted by Crippen LogP contribution is -2.03. The third-order valence-electron chi connectivity index (χ3n) is 5.06. The number of hydrogen-bond donors (Lipinski definition) is 0.